The molecule has 45 heavy (non-hydrogen) atoms. The molecule has 2 heterocycles. The third-order valence-corrected chi connectivity index (χ3v) is 7.96. The molecule has 9 heteroatoms. The number of benzene rings is 5. The number of amides is 1. The van der Waals surface area contributed by atoms with Crippen LogP contribution >= 0.6 is 15.9 Å². The molecule has 0 radical (unpaired) electrons. The van der Waals surface area contributed by atoms with Crippen LogP contribution in [0.15, 0.2) is 128 Å². The molecular formula is C36H25BrN4O4. The minimum Gasteiger partial charge on any atom is -0.483 e. The van der Waals surface area contributed by atoms with Crippen molar-refractivity contribution in [3.63, 3.8) is 0 Å². The molecule has 0 fully saturated rings. The normalized spacial score (nSPS) is 11.5. The van der Waals surface area contributed by atoms with Gasteiger partial charge in [0, 0.05) is 21.1 Å². The fraction of sp³-hybridized carbons (Fsp3) is 0.0556. The second kappa shape index (κ2) is 11.9. The average Bonchev–Trinajstić information content (AvgIpc) is 3.47. The number of halogens is 1. The van der Waals surface area contributed by atoms with Crippen LogP contribution in [0.3, 0.4) is 0 Å². The summed E-state index contributed by atoms with van der Waals surface area (Å²) in [5.74, 6) is 0.788. The highest BCUT2D eigenvalue weighted by Crippen LogP contribution is 2.30. The van der Waals surface area contributed by atoms with Crippen molar-refractivity contribution in [1.29, 1.82) is 0 Å². The predicted molar refractivity (Wildman–Crippen MR) is 181 cm³/mol. The van der Waals surface area contributed by atoms with E-state index in [4.69, 9.17) is 14.1 Å². The van der Waals surface area contributed by atoms with Gasteiger partial charge in [-0.05, 0) is 71.8 Å². The minimum absolute atomic E-state index is 0.217. The first-order valence-electron chi connectivity index (χ1n) is 14.2. The van der Waals surface area contributed by atoms with Crippen molar-refractivity contribution in [2.75, 3.05) is 11.9 Å². The Labute approximate surface area is 265 Å². The van der Waals surface area contributed by atoms with Gasteiger partial charge in [-0.2, -0.15) is 9.78 Å². The lowest BCUT2D eigenvalue weighted by atomic mass is 10.0. The maximum absolute atomic E-state index is 13.9. The number of aromatic nitrogens is 2. The molecule has 0 bridgehead atoms. The predicted octanol–water partition coefficient (Wildman–Crippen LogP) is 7.93. The Morgan fingerprint density at radius 2 is 1.71 bits per heavy atom. The molecule has 2 aromatic heterocycles. The zero-order chi connectivity index (χ0) is 30.9. The van der Waals surface area contributed by atoms with Gasteiger partial charge in [-0.15, -0.1) is 0 Å². The monoisotopic (exact) mass is 656 g/mol. The number of anilines is 1. The molecule has 0 aliphatic rings. The van der Waals surface area contributed by atoms with E-state index in [0.717, 1.165) is 31.9 Å². The van der Waals surface area contributed by atoms with Crippen LogP contribution < -0.4 is 15.6 Å². The van der Waals surface area contributed by atoms with E-state index in [1.54, 1.807) is 30.5 Å². The number of hydrogen-bond donors (Lipinski definition) is 1. The molecule has 5 aromatic carbocycles. The van der Waals surface area contributed by atoms with Crippen LogP contribution in [0.25, 0.3) is 44.2 Å². The van der Waals surface area contributed by atoms with Crippen molar-refractivity contribution in [3.8, 4) is 17.3 Å². The van der Waals surface area contributed by atoms with E-state index in [1.807, 2.05) is 91.9 Å². The van der Waals surface area contributed by atoms with Gasteiger partial charge in [-0.25, -0.2) is 4.98 Å². The smallest absolute Gasteiger partial charge is 0.282 e. The quantitative estimate of drug-likeness (QED) is 0.176. The Morgan fingerprint density at radius 1 is 0.933 bits per heavy atom. The molecule has 1 N–H and O–H groups in total. The summed E-state index contributed by atoms with van der Waals surface area (Å²) in [7, 11) is 0. The average molecular weight is 658 g/mol. The third kappa shape index (κ3) is 5.61. The van der Waals surface area contributed by atoms with Crippen LogP contribution in [0.4, 0.5) is 5.69 Å². The number of nitrogens with zero attached hydrogens (tertiary/aromatic N) is 3. The number of carbonyl (C=O) groups excluding carboxylic acids is 1. The van der Waals surface area contributed by atoms with Crippen LogP contribution in [0.2, 0.25) is 0 Å². The number of carbonyl (C=O) groups is 1. The van der Waals surface area contributed by atoms with Crippen LogP contribution in [-0.4, -0.2) is 28.4 Å². The van der Waals surface area contributed by atoms with E-state index in [2.05, 4.69) is 26.3 Å². The van der Waals surface area contributed by atoms with Crippen LogP contribution in [0, 0.1) is 6.92 Å². The first kappa shape index (κ1) is 28.2. The third-order valence-electron chi connectivity index (χ3n) is 7.46. The zero-order valence-corrected chi connectivity index (χ0v) is 25.6. The lowest BCUT2D eigenvalue weighted by Gasteiger charge is -2.13. The summed E-state index contributed by atoms with van der Waals surface area (Å²) in [6, 6.07) is 33.7. The van der Waals surface area contributed by atoms with Crippen molar-refractivity contribution >= 4 is 66.4 Å². The van der Waals surface area contributed by atoms with Gasteiger partial charge < -0.3 is 14.5 Å². The topological polar surface area (TPSA) is 98.7 Å². The van der Waals surface area contributed by atoms with Gasteiger partial charge in [0.15, 0.2) is 12.4 Å². The molecule has 7 aromatic rings. The van der Waals surface area contributed by atoms with Gasteiger partial charge in [-0.1, -0.05) is 76.6 Å². The van der Waals surface area contributed by atoms with Gasteiger partial charge in [0.25, 0.3) is 11.5 Å². The number of aryl methyl sites for hydroxylation is 1. The maximum Gasteiger partial charge on any atom is 0.282 e. The first-order valence-corrected chi connectivity index (χ1v) is 15.0. The van der Waals surface area contributed by atoms with Gasteiger partial charge in [0.1, 0.15) is 11.3 Å². The Morgan fingerprint density at radius 3 is 2.58 bits per heavy atom. The van der Waals surface area contributed by atoms with Crippen molar-refractivity contribution < 1.29 is 13.9 Å². The van der Waals surface area contributed by atoms with Crippen molar-refractivity contribution in [3.05, 3.63) is 135 Å². The number of furan rings is 1. The molecule has 0 aliphatic carbocycles. The number of para-hydroxylation sites is 2. The van der Waals surface area contributed by atoms with Crippen molar-refractivity contribution in [2.45, 2.75) is 6.92 Å². The molecule has 0 saturated carbocycles. The van der Waals surface area contributed by atoms with Crippen molar-refractivity contribution in [1.82, 2.24) is 9.66 Å². The van der Waals surface area contributed by atoms with E-state index in [1.165, 1.54) is 4.68 Å². The van der Waals surface area contributed by atoms with Gasteiger partial charge >= 0.3 is 0 Å². The second-order valence-electron chi connectivity index (χ2n) is 10.5. The molecule has 0 unspecified atom stereocenters. The van der Waals surface area contributed by atoms with E-state index >= 15 is 0 Å². The number of nitrogens with one attached hydrogen (secondary N) is 1. The molecule has 7 rings (SSSR count). The lowest BCUT2D eigenvalue weighted by molar-refractivity contribution is -0.118. The van der Waals surface area contributed by atoms with E-state index in [-0.39, 0.29) is 23.9 Å². The van der Waals surface area contributed by atoms with Crippen LogP contribution in [0.1, 0.15) is 11.1 Å². The van der Waals surface area contributed by atoms with E-state index in [9.17, 15) is 9.59 Å². The fourth-order valence-corrected chi connectivity index (χ4v) is 5.59. The summed E-state index contributed by atoms with van der Waals surface area (Å²) in [5, 5.41) is 10.6. The number of ether oxygens (including phenoxy) is 1. The number of hydrogen-bond acceptors (Lipinski definition) is 6. The molecule has 1 amide bonds. The SMILES string of the molecule is Cc1ccccc1NC(=O)COc1ccc2ccccc2c1C=Nn1c(-c2cc3cc(Br)ccc3o2)nc2ccccc2c1=O. The van der Waals surface area contributed by atoms with Crippen LogP contribution in [-0.2, 0) is 4.79 Å². The largest absolute Gasteiger partial charge is 0.483 e. The van der Waals surface area contributed by atoms with Gasteiger partial charge in [0.2, 0.25) is 5.82 Å². The first-order chi connectivity index (χ1) is 21.9. The standard InChI is InChI=1S/C36H25BrN4O4/c1-22-8-2-6-12-29(22)39-34(42)21-44-32-16-14-23-9-3-4-10-26(23)28(32)20-38-41-35(40-30-13-7-5-11-27(30)36(41)43)33-19-24-18-25(37)15-17-31(24)45-33/h2-20H,21H2,1H3,(H,39,42). The Kier molecular flexibility index (Phi) is 7.44. The summed E-state index contributed by atoms with van der Waals surface area (Å²) in [6.45, 7) is 1.71. The second-order valence-corrected chi connectivity index (χ2v) is 11.4. The number of fused-ring (bicyclic) bond motifs is 3. The van der Waals surface area contributed by atoms with Gasteiger partial charge in [0.05, 0.1) is 17.1 Å². The molecule has 220 valence electrons. The summed E-state index contributed by atoms with van der Waals surface area (Å²) < 4.78 is 14.3. The minimum atomic E-state index is -0.353. The van der Waals surface area contributed by atoms with Crippen LogP contribution in [0.5, 0.6) is 5.75 Å². The summed E-state index contributed by atoms with van der Waals surface area (Å²) in [5.41, 5.74) is 3.11. The highest BCUT2D eigenvalue weighted by molar-refractivity contribution is 9.10. The van der Waals surface area contributed by atoms with E-state index in [0.29, 0.717) is 33.6 Å². The molecular weight excluding hydrogens is 632 g/mol. The maximum atomic E-state index is 13.9. The molecule has 8 nitrogen and oxygen atoms in total. The van der Waals surface area contributed by atoms with E-state index < -0.39 is 0 Å². The Bertz CT molecular complexity index is 2340. The Hall–Kier alpha value is -5.54. The summed E-state index contributed by atoms with van der Waals surface area (Å²) in [4.78, 5) is 31.5. The van der Waals surface area contributed by atoms with Crippen molar-refractivity contribution in [2.24, 2.45) is 5.10 Å². The summed E-state index contributed by atoms with van der Waals surface area (Å²) in [6.07, 6.45) is 1.57. The Balaban J connectivity index is 1.31. The fourth-order valence-electron chi connectivity index (χ4n) is 5.21. The number of rotatable bonds is 7. The summed E-state index contributed by atoms with van der Waals surface area (Å²) >= 11 is 3.50. The molecule has 0 saturated heterocycles. The lowest BCUT2D eigenvalue weighted by Crippen LogP contribution is -2.21. The molecule has 0 aliphatic heterocycles. The van der Waals surface area contributed by atoms with Gasteiger partial charge in [-0.3, -0.25) is 9.59 Å². The molecule has 0 spiro atoms. The highest BCUT2D eigenvalue weighted by Gasteiger charge is 2.17. The zero-order valence-electron chi connectivity index (χ0n) is 24.0. The highest BCUT2D eigenvalue weighted by atomic mass is 79.9. The molecule has 0 atom stereocenters.